The standard InChI is InChI=1S/C23H23ClN2O/c1-23(15-16-8-11-19(27-2)12-9-16)25-21-13-10-18(24)14-20(21)22(26-23)17-6-4-3-5-7-17/h3-14,22,25-26H,15H2,1-2H3. The highest BCUT2D eigenvalue weighted by molar-refractivity contribution is 6.30. The van der Waals surface area contributed by atoms with E-state index < -0.39 is 0 Å². The number of ether oxygens (including phenoxy) is 1. The van der Waals surface area contributed by atoms with E-state index in [0.717, 1.165) is 22.9 Å². The van der Waals surface area contributed by atoms with E-state index in [1.165, 1.54) is 16.7 Å². The Morgan fingerprint density at radius 3 is 2.44 bits per heavy atom. The third-order valence-electron chi connectivity index (χ3n) is 5.05. The van der Waals surface area contributed by atoms with Gasteiger partial charge in [0.05, 0.1) is 18.8 Å². The van der Waals surface area contributed by atoms with Gasteiger partial charge in [-0.3, -0.25) is 5.32 Å². The quantitative estimate of drug-likeness (QED) is 0.636. The van der Waals surface area contributed by atoms with Gasteiger partial charge in [0, 0.05) is 17.1 Å². The third kappa shape index (κ3) is 3.80. The fraction of sp³-hybridized carbons (Fsp3) is 0.217. The first kappa shape index (κ1) is 17.9. The van der Waals surface area contributed by atoms with Gasteiger partial charge in [-0.05, 0) is 53.9 Å². The van der Waals surface area contributed by atoms with Crippen LogP contribution >= 0.6 is 11.6 Å². The SMILES string of the molecule is COc1ccc(CC2(C)Nc3ccc(Cl)cc3C(c3ccccc3)N2)cc1. The van der Waals surface area contributed by atoms with Crippen molar-refractivity contribution in [3.8, 4) is 5.75 Å². The second kappa shape index (κ2) is 7.26. The van der Waals surface area contributed by atoms with Crippen LogP contribution in [0.25, 0.3) is 0 Å². The maximum Gasteiger partial charge on any atom is 0.118 e. The second-order valence-corrected chi connectivity index (χ2v) is 7.64. The summed E-state index contributed by atoms with van der Waals surface area (Å²) in [6, 6.07) is 24.9. The van der Waals surface area contributed by atoms with E-state index in [-0.39, 0.29) is 11.7 Å². The van der Waals surface area contributed by atoms with Crippen LogP contribution in [0.2, 0.25) is 5.02 Å². The Morgan fingerprint density at radius 1 is 1.00 bits per heavy atom. The number of anilines is 1. The van der Waals surface area contributed by atoms with Gasteiger partial charge in [0.2, 0.25) is 0 Å². The predicted octanol–water partition coefficient (Wildman–Crippen LogP) is 5.41. The van der Waals surface area contributed by atoms with Crippen molar-refractivity contribution in [2.24, 2.45) is 0 Å². The zero-order chi connectivity index (χ0) is 18.9. The number of benzene rings is 3. The third-order valence-corrected chi connectivity index (χ3v) is 5.28. The van der Waals surface area contributed by atoms with Crippen LogP contribution in [0.15, 0.2) is 72.8 Å². The molecule has 0 fully saturated rings. The Morgan fingerprint density at radius 2 is 1.74 bits per heavy atom. The van der Waals surface area contributed by atoms with Crippen molar-refractivity contribution < 1.29 is 4.74 Å². The smallest absolute Gasteiger partial charge is 0.118 e. The minimum Gasteiger partial charge on any atom is -0.497 e. The van der Waals surface area contributed by atoms with E-state index in [9.17, 15) is 0 Å². The van der Waals surface area contributed by atoms with E-state index >= 15 is 0 Å². The van der Waals surface area contributed by atoms with Crippen LogP contribution in [0.1, 0.15) is 29.7 Å². The number of nitrogens with one attached hydrogen (secondary N) is 2. The normalized spacial score (nSPS) is 21.2. The molecule has 0 saturated heterocycles. The molecular weight excluding hydrogens is 356 g/mol. The summed E-state index contributed by atoms with van der Waals surface area (Å²) in [4.78, 5) is 0. The van der Waals surface area contributed by atoms with Crippen LogP contribution in [0.3, 0.4) is 0 Å². The first-order valence-electron chi connectivity index (χ1n) is 9.09. The van der Waals surface area contributed by atoms with Gasteiger partial charge in [0.15, 0.2) is 0 Å². The Balaban J connectivity index is 1.69. The van der Waals surface area contributed by atoms with Crippen LogP contribution in [-0.2, 0) is 6.42 Å². The van der Waals surface area contributed by atoms with Gasteiger partial charge >= 0.3 is 0 Å². The van der Waals surface area contributed by atoms with Crippen molar-refractivity contribution in [3.05, 3.63) is 94.5 Å². The minimum atomic E-state index is -0.296. The summed E-state index contributed by atoms with van der Waals surface area (Å²) in [6.45, 7) is 2.20. The zero-order valence-electron chi connectivity index (χ0n) is 15.5. The fourth-order valence-corrected chi connectivity index (χ4v) is 3.95. The molecule has 3 nitrogen and oxygen atoms in total. The Labute approximate surface area is 165 Å². The first-order valence-corrected chi connectivity index (χ1v) is 9.47. The molecule has 1 heterocycles. The molecule has 0 spiro atoms. The zero-order valence-corrected chi connectivity index (χ0v) is 16.3. The van der Waals surface area contributed by atoms with E-state index in [1.54, 1.807) is 7.11 Å². The summed E-state index contributed by atoms with van der Waals surface area (Å²) in [5, 5.41) is 8.23. The predicted molar refractivity (Wildman–Crippen MR) is 112 cm³/mol. The van der Waals surface area contributed by atoms with Crippen LogP contribution in [0.5, 0.6) is 5.75 Å². The summed E-state index contributed by atoms with van der Waals surface area (Å²) in [7, 11) is 1.69. The van der Waals surface area contributed by atoms with Gasteiger partial charge in [-0.2, -0.15) is 0 Å². The van der Waals surface area contributed by atoms with Crippen molar-refractivity contribution in [3.63, 3.8) is 0 Å². The molecule has 2 atom stereocenters. The monoisotopic (exact) mass is 378 g/mol. The molecule has 0 saturated carbocycles. The van der Waals surface area contributed by atoms with E-state index in [1.807, 2.05) is 30.3 Å². The molecule has 0 amide bonds. The highest BCUT2D eigenvalue weighted by Gasteiger charge is 2.35. The van der Waals surface area contributed by atoms with Crippen molar-refractivity contribution in [1.29, 1.82) is 0 Å². The molecular formula is C23H23ClN2O. The average molecular weight is 379 g/mol. The van der Waals surface area contributed by atoms with Crippen LogP contribution in [-0.4, -0.2) is 12.8 Å². The molecule has 27 heavy (non-hydrogen) atoms. The summed E-state index contributed by atoms with van der Waals surface area (Å²) >= 11 is 6.29. The average Bonchev–Trinajstić information content (AvgIpc) is 2.69. The van der Waals surface area contributed by atoms with Crippen LogP contribution in [0, 0.1) is 0 Å². The van der Waals surface area contributed by atoms with E-state index in [0.29, 0.717) is 0 Å². The van der Waals surface area contributed by atoms with E-state index in [2.05, 4.69) is 60.0 Å². The molecule has 1 aliphatic heterocycles. The lowest BCUT2D eigenvalue weighted by atomic mass is 9.89. The molecule has 0 aliphatic carbocycles. The molecule has 2 unspecified atom stereocenters. The molecule has 0 bridgehead atoms. The highest BCUT2D eigenvalue weighted by Crippen LogP contribution is 2.38. The molecule has 0 aromatic heterocycles. The fourth-order valence-electron chi connectivity index (χ4n) is 3.77. The molecule has 1 aliphatic rings. The van der Waals surface area contributed by atoms with Gasteiger partial charge in [0.1, 0.15) is 5.75 Å². The summed E-state index contributed by atoms with van der Waals surface area (Å²) in [5.41, 5.74) is 4.45. The summed E-state index contributed by atoms with van der Waals surface area (Å²) in [6.07, 6.45) is 0.836. The summed E-state index contributed by atoms with van der Waals surface area (Å²) < 4.78 is 5.27. The maximum absolute atomic E-state index is 6.29. The maximum atomic E-state index is 6.29. The largest absolute Gasteiger partial charge is 0.497 e. The van der Waals surface area contributed by atoms with Crippen molar-refractivity contribution in [2.45, 2.75) is 25.0 Å². The Kier molecular flexibility index (Phi) is 4.81. The van der Waals surface area contributed by atoms with E-state index in [4.69, 9.17) is 16.3 Å². The molecule has 4 heteroatoms. The number of fused-ring (bicyclic) bond motifs is 1. The van der Waals surface area contributed by atoms with Gasteiger partial charge in [-0.15, -0.1) is 0 Å². The molecule has 138 valence electrons. The van der Waals surface area contributed by atoms with Gasteiger partial charge in [0.25, 0.3) is 0 Å². The van der Waals surface area contributed by atoms with Crippen molar-refractivity contribution >= 4 is 17.3 Å². The molecule has 3 aromatic rings. The molecule has 2 N–H and O–H groups in total. The lowest BCUT2D eigenvalue weighted by Crippen LogP contribution is -2.55. The lowest BCUT2D eigenvalue weighted by Gasteiger charge is -2.43. The Hall–Kier alpha value is -2.49. The van der Waals surface area contributed by atoms with Crippen LogP contribution < -0.4 is 15.4 Å². The van der Waals surface area contributed by atoms with Crippen molar-refractivity contribution in [2.75, 3.05) is 12.4 Å². The topological polar surface area (TPSA) is 33.3 Å². The van der Waals surface area contributed by atoms with Crippen LogP contribution in [0.4, 0.5) is 5.69 Å². The number of halogens is 1. The highest BCUT2D eigenvalue weighted by atomic mass is 35.5. The number of methoxy groups -OCH3 is 1. The number of hydrogen-bond acceptors (Lipinski definition) is 3. The van der Waals surface area contributed by atoms with Crippen molar-refractivity contribution in [1.82, 2.24) is 5.32 Å². The lowest BCUT2D eigenvalue weighted by molar-refractivity contribution is 0.354. The number of hydrogen-bond donors (Lipinski definition) is 2. The molecule has 3 aromatic carbocycles. The summed E-state index contributed by atoms with van der Waals surface area (Å²) in [5.74, 6) is 0.871. The van der Waals surface area contributed by atoms with Gasteiger partial charge < -0.3 is 10.1 Å². The molecule has 4 rings (SSSR count). The van der Waals surface area contributed by atoms with Gasteiger partial charge in [-0.1, -0.05) is 54.1 Å². The first-order chi connectivity index (χ1) is 13.1. The minimum absolute atomic E-state index is 0.0735. The second-order valence-electron chi connectivity index (χ2n) is 7.20. The number of rotatable bonds is 4. The molecule has 0 radical (unpaired) electrons. The van der Waals surface area contributed by atoms with Gasteiger partial charge in [-0.25, -0.2) is 0 Å². The Bertz CT molecular complexity index is 927.